The number of hydrogen-bond donors (Lipinski definition) is 1. The molecule has 0 amide bonds. The first kappa shape index (κ1) is 31.6. The first-order chi connectivity index (χ1) is 17.0. The Morgan fingerprint density at radius 3 is 1.77 bits per heavy atom. The highest BCUT2D eigenvalue weighted by atomic mass is 16.4. The van der Waals surface area contributed by atoms with Crippen molar-refractivity contribution in [3.8, 4) is 0 Å². The quantitative estimate of drug-likeness (QED) is 0.0890. The number of hydrogen-bond acceptors (Lipinski definition) is 4. The summed E-state index contributed by atoms with van der Waals surface area (Å²) in [5.74, 6) is -0.224. The zero-order chi connectivity index (χ0) is 25.6. The van der Waals surface area contributed by atoms with Crippen molar-refractivity contribution in [1.82, 2.24) is 0 Å². The maximum atomic E-state index is 11.2. The van der Waals surface area contributed by atoms with Crippen LogP contribution in [0, 0.1) is 0 Å². The maximum absolute atomic E-state index is 11.2. The van der Waals surface area contributed by atoms with Crippen LogP contribution in [0.2, 0.25) is 0 Å². The van der Waals surface area contributed by atoms with E-state index in [0.717, 1.165) is 18.7 Å². The van der Waals surface area contributed by atoms with Crippen LogP contribution in [0.15, 0.2) is 29.5 Å². The Morgan fingerprint density at radius 1 is 0.857 bits per heavy atom. The smallest absolute Gasteiger partial charge is 0.209 e. The molecule has 0 aromatic heterocycles. The van der Waals surface area contributed by atoms with E-state index in [1.165, 1.54) is 116 Å². The standard InChI is InChI=1S/C30H55N3O2/c1-3-4-5-6-7-8-9-10-11-12-13-14-15-16-17-18-19-20-21-22-23-24-29-32-25-26-33(29,28(2)31)27-30(34)35/h5-6,25-26,28H,3-4,7-24,27,31H2,1-2H3/b6-5+. The molecule has 0 spiro atoms. The SMILES string of the molecule is CCC/C=C/CCCCCCCCCCCCCCCCCCC1=NC=C[N+]1(CC(=O)[O-])C(C)N. The minimum atomic E-state index is -1.08. The first-order valence-electron chi connectivity index (χ1n) is 14.8. The van der Waals surface area contributed by atoms with Crippen LogP contribution < -0.4 is 10.8 Å². The third-order valence-corrected chi connectivity index (χ3v) is 7.30. The number of nitrogens with two attached hydrogens (primary N) is 1. The van der Waals surface area contributed by atoms with Crippen LogP contribution in [0.5, 0.6) is 0 Å². The number of carbonyl (C=O) groups excluding carboxylic acids is 1. The van der Waals surface area contributed by atoms with Crippen LogP contribution >= 0.6 is 0 Å². The van der Waals surface area contributed by atoms with Crippen LogP contribution in [0.1, 0.15) is 142 Å². The predicted octanol–water partition coefficient (Wildman–Crippen LogP) is 7.12. The van der Waals surface area contributed by atoms with E-state index in [-0.39, 0.29) is 17.2 Å². The van der Waals surface area contributed by atoms with Gasteiger partial charge in [0.1, 0.15) is 18.9 Å². The van der Waals surface area contributed by atoms with Gasteiger partial charge in [-0.25, -0.2) is 9.48 Å². The molecule has 1 aliphatic heterocycles. The second-order valence-electron chi connectivity index (χ2n) is 10.5. The van der Waals surface area contributed by atoms with Crippen molar-refractivity contribution in [2.45, 2.75) is 148 Å². The highest BCUT2D eigenvalue weighted by Crippen LogP contribution is 2.23. The minimum Gasteiger partial charge on any atom is -0.544 e. The zero-order valence-corrected chi connectivity index (χ0v) is 23.0. The average Bonchev–Trinajstić information content (AvgIpc) is 3.23. The van der Waals surface area contributed by atoms with Crippen molar-refractivity contribution in [2.75, 3.05) is 6.54 Å². The van der Waals surface area contributed by atoms with Gasteiger partial charge in [0.25, 0.3) is 0 Å². The number of nitrogens with zero attached hydrogens (tertiary/aromatic N) is 2. The molecule has 0 saturated carbocycles. The highest BCUT2D eigenvalue weighted by molar-refractivity contribution is 5.81. The first-order valence-corrected chi connectivity index (χ1v) is 14.8. The minimum absolute atomic E-state index is 0.110. The molecule has 2 unspecified atom stereocenters. The van der Waals surface area contributed by atoms with Gasteiger partial charge in [0.15, 0.2) is 0 Å². The molecule has 2 atom stereocenters. The summed E-state index contributed by atoms with van der Waals surface area (Å²) in [7, 11) is 0. The number of carboxylic acids is 1. The average molecular weight is 490 g/mol. The van der Waals surface area contributed by atoms with Gasteiger partial charge in [0, 0.05) is 13.3 Å². The number of aliphatic carboxylic acids is 1. The third kappa shape index (κ3) is 14.6. The number of allylic oxidation sites excluding steroid dienone is 2. The van der Waals surface area contributed by atoms with Gasteiger partial charge in [0.2, 0.25) is 5.84 Å². The van der Waals surface area contributed by atoms with Gasteiger partial charge in [-0.3, -0.25) is 5.73 Å². The van der Waals surface area contributed by atoms with Gasteiger partial charge in [-0.2, -0.15) is 0 Å². The Hall–Kier alpha value is -1.46. The number of unbranched alkanes of at least 4 members (excludes halogenated alkanes) is 17. The lowest BCUT2D eigenvalue weighted by atomic mass is 10.0. The molecular formula is C30H55N3O2. The number of amidine groups is 1. The molecule has 5 nitrogen and oxygen atoms in total. The Labute approximate surface area is 216 Å². The van der Waals surface area contributed by atoms with Gasteiger partial charge in [-0.15, -0.1) is 0 Å². The molecule has 0 saturated heterocycles. The van der Waals surface area contributed by atoms with E-state index in [4.69, 9.17) is 5.73 Å². The molecule has 0 aromatic carbocycles. The largest absolute Gasteiger partial charge is 0.544 e. The summed E-state index contributed by atoms with van der Waals surface area (Å²) in [6, 6.07) is 0. The van der Waals surface area contributed by atoms with E-state index in [9.17, 15) is 9.90 Å². The van der Waals surface area contributed by atoms with E-state index in [2.05, 4.69) is 24.1 Å². The summed E-state index contributed by atoms with van der Waals surface area (Å²) >= 11 is 0. The van der Waals surface area contributed by atoms with Gasteiger partial charge in [-0.1, -0.05) is 115 Å². The molecule has 1 heterocycles. The molecule has 202 valence electrons. The summed E-state index contributed by atoms with van der Waals surface area (Å²) in [6.45, 7) is 3.94. The number of quaternary nitrogens is 1. The summed E-state index contributed by atoms with van der Waals surface area (Å²) in [4.78, 5) is 15.6. The predicted molar refractivity (Wildman–Crippen MR) is 148 cm³/mol. The molecular weight excluding hydrogens is 434 g/mol. The second kappa shape index (κ2) is 20.7. The van der Waals surface area contributed by atoms with Crippen LogP contribution in [-0.4, -0.2) is 29.0 Å². The Morgan fingerprint density at radius 2 is 1.31 bits per heavy atom. The van der Waals surface area contributed by atoms with E-state index >= 15 is 0 Å². The van der Waals surface area contributed by atoms with Crippen molar-refractivity contribution in [3.63, 3.8) is 0 Å². The van der Waals surface area contributed by atoms with Crippen molar-refractivity contribution < 1.29 is 14.4 Å². The third-order valence-electron chi connectivity index (χ3n) is 7.30. The Kier molecular flexibility index (Phi) is 18.7. The summed E-state index contributed by atoms with van der Waals surface area (Å²) < 4.78 is 0.110. The molecule has 5 heteroatoms. The summed E-state index contributed by atoms with van der Waals surface area (Å²) in [6.07, 6.45) is 33.9. The molecule has 35 heavy (non-hydrogen) atoms. The molecule has 0 aromatic rings. The Bertz CT molecular complexity index is 627. The topological polar surface area (TPSA) is 78.5 Å². The Balaban J connectivity index is 1.87. The van der Waals surface area contributed by atoms with Crippen LogP contribution in [-0.2, 0) is 4.79 Å². The molecule has 0 radical (unpaired) electrons. The molecule has 2 N–H and O–H groups in total. The van der Waals surface area contributed by atoms with E-state index in [0.29, 0.717) is 0 Å². The molecule has 1 rings (SSSR count). The van der Waals surface area contributed by atoms with Gasteiger partial charge in [0.05, 0.1) is 12.2 Å². The number of rotatable bonds is 24. The summed E-state index contributed by atoms with van der Waals surface area (Å²) in [5.41, 5.74) is 6.10. The molecule has 1 aliphatic rings. The van der Waals surface area contributed by atoms with E-state index in [1.54, 1.807) is 12.4 Å². The van der Waals surface area contributed by atoms with E-state index < -0.39 is 5.97 Å². The van der Waals surface area contributed by atoms with Gasteiger partial charge >= 0.3 is 0 Å². The number of carboxylic acid groups (broad SMARTS) is 1. The molecule has 0 bridgehead atoms. The second-order valence-corrected chi connectivity index (χ2v) is 10.5. The highest BCUT2D eigenvalue weighted by Gasteiger charge is 2.38. The zero-order valence-electron chi connectivity index (χ0n) is 23.0. The molecule has 0 fully saturated rings. The molecule has 0 aliphatic carbocycles. The van der Waals surface area contributed by atoms with Crippen molar-refractivity contribution in [1.29, 1.82) is 0 Å². The lowest BCUT2D eigenvalue weighted by molar-refractivity contribution is -0.808. The maximum Gasteiger partial charge on any atom is 0.209 e. The fourth-order valence-electron chi connectivity index (χ4n) is 5.00. The van der Waals surface area contributed by atoms with Crippen LogP contribution in [0.3, 0.4) is 0 Å². The summed E-state index contributed by atoms with van der Waals surface area (Å²) in [5, 5.41) is 11.2. The lowest BCUT2D eigenvalue weighted by Gasteiger charge is -2.36. The van der Waals surface area contributed by atoms with Crippen molar-refractivity contribution >= 4 is 11.8 Å². The van der Waals surface area contributed by atoms with Gasteiger partial charge < -0.3 is 9.90 Å². The van der Waals surface area contributed by atoms with Crippen LogP contribution in [0.4, 0.5) is 0 Å². The van der Waals surface area contributed by atoms with Crippen molar-refractivity contribution in [2.24, 2.45) is 10.7 Å². The normalized spacial score (nSPS) is 18.4. The van der Waals surface area contributed by atoms with Gasteiger partial charge in [-0.05, 0) is 25.7 Å². The number of aliphatic imine (C=N–C) groups is 1. The fraction of sp³-hybridized carbons (Fsp3) is 0.800. The lowest BCUT2D eigenvalue weighted by Crippen LogP contribution is -2.60. The van der Waals surface area contributed by atoms with Crippen LogP contribution in [0.25, 0.3) is 0 Å². The van der Waals surface area contributed by atoms with E-state index in [1.807, 2.05) is 6.92 Å². The fourth-order valence-corrected chi connectivity index (χ4v) is 5.00. The van der Waals surface area contributed by atoms with Crippen molar-refractivity contribution in [3.05, 3.63) is 24.6 Å². The number of carbonyl (C=O) groups is 1. The monoisotopic (exact) mass is 489 g/mol.